The van der Waals surface area contributed by atoms with E-state index in [2.05, 4.69) is 15.9 Å². The summed E-state index contributed by atoms with van der Waals surface area (Å²) in [5.41, 5.74) is 0.981. The highest BCUT2D eigenvalue weighted by Crippen LogP contribution is 2.29. The molecule has 0 saturated carbocycles. The van der Waals surface area contributed by atoms with Crippen molar-refractivity contribution in [2.24, 2.45) is 0 Å². The number of halogens is 3. The smallest absolute Gasteiger partial charge is 0.264 e. The molecule has 23 heavy (non-hydrogen) atoms. The molecule has 0 saturated heterocycles. The highest BCUT2D eigenvalue weighted by molar-refractivity contribution is 9.10. The van der Waals surface area contributed by atoms with E-state index in [9.17, 15) is 13.6 Å². The molecule has 1 heterocycles. The lowest BCUT2D eigenvalue weighted by Crippen LogP contribution is -2.37. The normalized spacial score (nSPS) is 11.0. The monoisotopic (exact) mass is 403 g/mol. The maximum Gasteiger partial charge on any atom is 0.264 e. The van der Waals surface area contributed by atoms with Gasteiger partial charge in [0.2, 0.25) is 0 Å². The number of hydrogen-bond donors (Lipinski definition) is 0. The van der Waals surface area contributed by atoms with Crippen LogP contribution >= 0.6 is 27.3 Å². The molecule has 0 N–H and O–H groups in total. The number of benzene rings is 1. The second-order valence-electron chi connectivity index (χ2n) is 4.81. The first-order valence-corrected chi connectivity index (χ1v) is 8.54. The third-order valence-electron chi connectivity index (χ3n) is 3.16. The molecule has 0 aliphatic carbocycles. The van der Waals surface area contributed by atoms with Crippen molar-refractivity contribution < 1.29 is 18.3 Å². The summed E-state index contributed by atoms with van der Waals surface area (Å²) < 4.78 is 31.2. The Kier molecular flexibility index (Phi) is 6.68. The van der Waals surface area contributed by atoms with Crippen LogP contribution in [0.4, 0.5) is 8.78 Å². The van der Waals surface area contributed by atoms with Crippen molar-refractivity contribution in [1.29, 1.82) is 0 Å². The molecule has 1 amide bonds. The van der Waals surface area contributed by atoms with Gasteiger partial charge in [0, 0.05) is 23.0 Å². The molecule has 0 aliphatic heterocycles. The van der Waals surface area contributed by atoms with Gasteiger partial charge in [0.1, 0.15) is 0 Å². The van der Waals surface area contributed by atoms with E-state index in [4.69, 9.17) is 4.74 Å². The number of nitrogens with zero attached hydrogens (tertiary/aromatic N) is 1. The van der Waals surface area contributed by atoms with E-state index in [0.29, 0.717) is 4.88 Å². The number of ether oxygens (including phenoxy) is 1. The molecule has 0 bridgehead atoms. The summed E-state index contributed by atoms with van der Waals surface area (Å²) in [6.45, 7) is -0.220. The highest BCUT2D eigenvalue weighted by atomic mass is 79.9. The van der Waals surface area contributed by atoms with E-state index in [1.54, 1.807) is 6.07 Å². The molecule has 7 heteroatoms. The largest absolute Gasteiger partial charge is 0.383 e. The first kappa shape index (κ1) is 18.0. The van der Waals surface area contributed by atoms with Gasteiger partial charge in [-0.2, -0.15) is 0 Å². The first-order valence-electron chi connectivity index (χ1n) is 6.93. The summed E-state index contributed by atoms with van der Waals surface area (Å²) >= 11 is 4.67. The van der Waals surface area contributed by atoms with Crippen molar-refractivity contribution in [3.8, 4) is 10.4 Å². The van der Waals surface area contributed by atoms with Gasteiger partial charge in [-0.25, -0.2) is 8.78 Å². The zero-order valence-electron chi connectivity index (χ0n) is 12.5. The molecule has 0 atom stereocenters. The first-order chi connectivity index (χ1) is 11.0. The summed E-state index contributed by atoms with van der Waals surface area (Å²) in [6.07, 6.45) is -2.57. The molecular formula is C16H16BrF2NO2S. The minimum absolute atomic E-state index is 0.144. The number of carbonyl (C=O) groups is 1. The molecule has 0 spiro atoms. The van der Waals surface area contributed by atoms with Crippen molar-refractivity contribution in [1.82, 2.24) is 4.90 Å². The number of alkyl halides is 2. The van der Waals surface area contributed by atoms with Crippen molar-refractivity contribution in [3.63, 3.8) is 0 Å². The Bertz CT molecular complexity index is 646. The molecular weight excluding hydrogens is 388 g/mol. The zero-order valence-corrected chi connectivity index (χ0v) is 14.9. The van der Waals surface area contributed by atoms with Gasteiger partial charge in [0.05, 0.1) is 18.0 Å². The molecule has 0 aliphatic rings. The van der Waals surface area contributed by atoms with Crippen LogP contribution < -0.4 is 0 Å². The molecule has 2 rings (SSSR count). The van der Waals surface area contributed by atoms with Gasteiger partial charge in [-0.1, -0.05) is 28.1 Å². The topological polar surface area (TPSA) is 29.5 Å². The molecule has 2 aromatic rings. The minimum atomic E-state index is -2.57. The van der Waals surface area contributed by atoms with Crippen LogP contribution in [-0.2, 0) is 4.74 Å². The molecule has 124 valence electrons. The molecule has 1 aromatic carbocycles. The lowest BCUT2D eigenvalue weighted by Gasteiger charge is -2.21. The number of rotatable bonds is 7. The fraction of sp³-hybridized carbons (Fsp3) is 0.312. The predicted molar refractivity (Wildman–Crippen MR) is 91.2 cm³/mol. The van der Waals surface area contributed by atoms with Gasteiger partial charge >= 0.3 is 0 Å². The van der Waals surface area contributed by atoms with Gasteiger partial charge in [0.15, 0.2) is 0 Å². The van der Waals surface area contributed by atoms with Crippen LogP contribution in [0.1, 0.15) is 9.67 Å². The highest BCUT2D eigenvalue weighted by Gasteiger charge is 2.21. The number of amides is 1. The summed E-state index contributed by atoms with van der Waals surface area (Å²) in [5.74, 6) is -0.393. The van der Waals surface area contributed by atoms with E-state index in [0.717, 1.165) is 19.8 Å². The van der Waals surface area contributed by atoms with E-state index in [-0.39, 0.29) is 13.2 Å². The summed E-state index contributed by atoms with van der Waals surface area (Å²) in [6, 6.07) is 11.2. The Hall–Kier alpha value is -1.31. The van der Waals surface area contributed by atoms with Crippen LogP contribution in [0, 0.1) is 0 Å². The number of methoxy groups -OCH3 is 1. The average Bonchev–Trinajstić information content (AvgIpc) is 3.01. The van der Waals surface area contributed by atoms with Crippen LogP contribution in [0.25, 0.3) is 10.4 Å². The van der Waals surface area contributed by atoms with Crippen LogP contribution in [-0.4, -0.2) is 44.0 Å². The zero-order chi connectivity index (χ0) is 16.8. The average molecular weight is 404 g/mol. The minimum Gasteiger partial charge on any atom is -0.383 e. The van der Waals surface area contributed by atoms with Crippen LogP contribution in [0.5, 0.6) is 0 Å². The Morgan fingerprint density at radius 3 is 2.57 bits per heavy atom. The van der Waals surface area contributed by atoms with Gasteiger partial charge in [-0.05, 0) is 29.8 Å². The van der Waals surface area contributed by atoms with Gasteiger partial charge in [-0.15, -0.1) is 11.3 Å². The fourth-order valence-corrected chi connectivity index (χ4v) is 3.27. The Balaban J connectivity index is 2.16. The Labute approximate surface area is 146 Å². The molecule has 1 aromatic heterocycles. The lowest BCUT2D eigenvalue weighted by atomic mass is 10.2. The van der Waals surface area contributed by atoms with Crippen molar-refractivity contribution >= 4 is 33.2 Å². The predicted octanol–water partition coefficient (Wildman–Crippen LogP) is 4.53. The Morgan fingerprint density at radius 1 is 1.26 bits per heavy atom. The standard InChI is InChI=1S/C16H16BrF2NO2S/c1-22-9-8-20(10-15(18)19)16(21)14-7-6-13(23-14)11-2-4-12(17)5-3-11/h2-7,15H,8-10H2,1H3. The maximum atomic E-state index is 12.7. The second-order valence-corrected chi connectivity index (χ2v) is 6.81. The van der Waals surface area contributed by atoms with E-state index >= 15 is 0 Å². The third kappa shape index (κ3) is 5.09. The summed E-state index contributed by atoms with van der Waals surface area (Å²) in [5, 5.41) is 0. The maximum absolute atomic E-state index is 12.7. The SMILES string of the molecule is COCCN(CC(F)F)C(=O)c1ccc(-c2ccc(Br)cc2)s1. The van der Waals surface area contributed by atoms with Crippen molar-refractivity contribution in [3.05, 3.63) is 45.7 Å². The Morgan fingerprint density at radius 2 is 1.96 bits per heavy atom. The van der Waals surface area contributed by atoms with Crippen LogP contribution in [0.15, 0.2) is 40.9 Å². The third-order valence-corrected chi connectivity index (χ3v) is 4.81. The van der Waals surface area contributed by atoms with Crippen LogP contribution in [0.3, 0.4) is 0 Å². The van der Waals surface area contributed by atoms with Gasteiger partial charge in [0.25, 0.3) is 12.3 Å². The quantitative estimate of drug-likeness (QED) is 0.679. The fourth-order valence-electron chi connectivity index (χ4n) is 2.02. The molecule has 0 fully saturated rings. The van der Waals surface area contributed by atoms with Gasteiger partial charge in [-0.3, -0.25) is 4.79 Å². The van der Waals surface area contributed by atoms with Crippen LogP contribution in [0.2, 0.25) is 0 Å². The molecule has 3 nitrogen and oxygen atoms in total. The summed E-state index contributed by atoms with van der Waals surface area (Å²) in [7, 11) is 1.47. The van der Waals surface area contributed by atoms with E-state index in [1.165, 1.54) is 18.4 Å². The number of carbonyl (C=O) groups excluding carboxylic acids is 1. The van der Waals surface area contributed by atoms with Crippen molar-refractivity contribution in [2.45, 2.75) is 6.43 Å². The number of thiophene rings is 1. The molecule has 0 unspecified atom stereocenters. The van der Waals surface area contributed by atoms with E-state index < -0.39 is 18.9 Å². The summed E-state index contributed by atoms with van der Waals surface area (Å²) in [4.78, 5) is 14.9. The molecule has 0 radical (unpaired) electrons. The lowest BCUT2D eigenvalue weighted by molar-refractivity contribution is 0.0482. The second kappa shape index (κ2) is 8.52. The van der Waals surface area contributed by atoms with Gasteiger partial charge < -0.3 is 9.64 Å². The number of hydrogen-bond acceptors (Lipinski definition) is 3. The van der Waals surface area contributed by atoms with E-state index in [1.807, 2.05) is 30.3 Å². The van der Waals surface area contributed by atoms with Crippen molar-refractivity contribution in [2.75, 3.05) is 26.8 Å².